The smallest absolute Gasteiger partial charge is 0.252 e. The van der Waals surface area contributed by atoms with Gasteiger partial charge in [-0.15, -0.1) is 0 Å². The highest BCUT2D eigenvalue weighted by molar-refractivity contribution is 6.30. The molecule has 1 atom stereocenters. The molecule has 1 amide bonds. The number of ketones is 1. The lowest BCUT2D eigenvalue weighted by atomic mass is 9.97. The van der Waals surface area contributed by atoms with Crippen molar-refractivity contribution >= 4 is 23.3 Å². The minimum atomic E-state index is -0.229. The first kappa shape index (κ1) is 16.2. The highest BCUT2D eigenvalue weighted by Crippen LogP contribution is 2.17. The van der Waals surface area contributed by atoms with Crippen LogP contribution in [-0.4, -0.2) is 17.7 Å². The number of amides is 1. The lowest BCUT2D eigenvalue weighted by Crippen LogP contribution is -2.33. The standard InChI is InChI=1S/C18H18ClNO2/c1-3-12(2)20-18(22)16-7-5-4-6-15(16)17(21)13-8-10-14(19)11-9-13/h4-12H,3H2,1-2H3,(H,20,22)/t12-/m0/s1. The molecule has 2 aromatic carbocycles. The van der Waals surface area contributed by atoms with Crippen LogP contribution in [0.5, 0.6) is 0 Å². The Bertz CT molecular complexity index is 680. The van der Waals surface area contributed by atoms with Gasteiger partial charge in [-0.05, 0) is 43.7 Å². The maximum Gasteiger partial charge on any atom is 0.252 e. The van der Waals surface area contributed by atoms with Crippen molar-refractivity contribution in [2.75, 3.05) is 0 Å². The van der Waals surface area contributed by atoms with Crippen LogP contribution in [0.25, 0.3) is 0 Å². The maximum atomic E-state index is 12.6. The predicted molar refractivity (Wildman–Crippen MR) is 88.5 cm³/mol. The molecule has 0 saturated carbocycles. The highest BCUT2D eigenvalue weighted by Gasteiger charge is 2.18. The van der Waals surface area contributed by atoms with Gasteiger partial charge in [0.2, 0.25) is 0 Å². The summed E-state index contributed by atoms with van der Waals surface area (Å²) in [6.45, 7) is 3.93. The zero-order chi connectivity index (χ0) is 16.1. The number of carbonyl (C=O) groups excluding carboxylic acids is 2. The summed E-state index contributed by atoms with van der Waals surface area (Å²) >= 11 is 5.84. The van der Waals surface area contributed by atoms with Crippen LogP contribution >= 0.6 is 11.6 Å². The third-order valence-corrected chi connectivity index (χ3v) is 3.76. The molecular formula is C18H18ClNO2. The van der Waals surface area contributed by atoms with Gasteiger partial charge in [-0.1, -0.05) is 36.7 Å². The van der Waals surface area contributed by atoms with Gasteiger partial charge in [-0.2, -0.15) is 0 Å². The molecule has 0 aliphatic carbocycles. The number of benzene rings is 2. The Morgan fingerprint density at radius 2 is 1.64 bits per heavy atom. The molecule has 0 aliphatic rings. The van der Waals surface area contributed by atoms with Crippen molar-refractivity contribution in [3.05, 3.63) is 70.2 Å². The van der Waals surface area contributed by atoms with Crippen molar-refractivity contribution in [3.8, 4) is 0 Å². The van der Waals surface area contributed by atoms with Gasteiger partial charge in [0, 0.05) is 22.2 Å². The summed E-state index contributed by atoms with van der Waals surface area (Å²) in [6.07, 6.45) is 0.832. The van der Waals surface area contributed by atoms with Crippen LogP contribution in [-0.2, 0) is 0 Å². The second-order valence-electron chi connectivity index (χ2n) is 5.16. The van der Waals surface area contributed by atoms with E-state index in [1.165, 1.54) is 0 Å². The Morgan fingerprint density at radius 1 is 1.05 bits per heavy atom. The van der Waals surface area contributed by atoms with Gasteiger partial charge in [0.05, 0.1) is 5.56 Å². The van der Waals surface area contributed by atoms with Gasteiger partial charge in [-0.25, -0.2) is 0 Å². The van der Waals surface area contributed by atoms with E-state index in [-0.39, 0.29) is 17.7 Å². The number of hydrogen-bond acceptors (Lipinski definition) is 2. The van der Waals surface area contributed by atoms with E-state index in [1.54, 1.807) is 48.5 Å². The average molecular weight is 316 g/mol. The molecule has 0 bridgehead atoms. The Hall–Kier alpha value is -2.13. The van der Waals surface area contributed by atoms with Crippen molar-refractivity contribution in [2.45, 2.75) is 26.3 Å². The van der Waals surface area contributed by atoms with E-state index in [0.29, 0.717) is 21.7 Å². The predicted octanol–water partition coefficient (Wildman–Crippen LogP) is 4.10. The van der Waals surface area contributed by atoms with E-state index in [1.807, 2.05) is 13.8 Å². The molecule has 3 nitrogen and oxygen atoms in total. The molecule has 1 N–H and O–H groups in total. The fourth-order valence-corrected chi connectivity index (χ4v) is 2.17. The second kappa shape index (κ2) is 7.23. The summed E-state index contributed by atoms with van der Waals surface area (Å²) in [6, 6.07) is 13.6. The summed E-state index contributed by atoms with van der Waals surface area (Å²) in [7, 11) is 0. The van der Waals surface area contributed by atoms with Crippen molar-refractivity contribution in [1.29, 1.82) is 0 Å². The number of hydrogen-bond donors (Lipinski definition) is 1. The molecule has 4 heteroatoms. The number of halogens is 1. The molecular weight excluding hydrogens is 298 g/mol. The van der Waals surface area contributed by atoms with Crippen molar-refractivity contribution in [1.82, 2.24) is 5.32 Å². The Balaban J connectivity index is 2.33. The number of carbonyl (C=O) groups is 2. The molecule has 0 aromatic heterocycles. The summed E-state index contributed by atoms with van der Waals surface area (Å²) in [5.74, 6) is -0.418. The topological polar surface area (TPSA) is 46.2 Å². The first-order valence-electron chi connectivity index (χ1n) is 7.23. The van der Waals surface area contributed by atoms with E-state index in [4.69, 9.17) is 11.6 Å². The fourth-order valence-electron chi connectivity index (χ4n) is 2.04. The van der Waals surface area contributed by atoms with E-state index in [0.717, 1.165) is 6.42 Å². The maximum absolute atomic E-state index is 12.6. The van der Waals surface area contributed by atoms with Crippen LogP contribution in [0.2, 0.25) is 5.02 Å². The van der Waals surface area contributed by atoms with Crippen molar-refractivity contribution < 1.29 is 9.59 Å². The molecule has 0 saturated heterocycles. The zero-order valence-corrected chi connectivity index (χ0v) is 13.4. The van der Waals surface area contributed by atoms with Gasteiger partial charge >= 0.3 is 0 Å². The summed E-state index contributed by atoms with van der Waals surface area (Å²) in [5, 5.41) is 3.46. The quantitative estimate of drug-likeness (QED) is 0.844. The van der Waals surface area contributed by atoms with E-state index in [2.05, 4.69) is 5.32 Å². The van der Waals surface area contributed by atoms with Crippen LogP contribution in [0.3, 0.4) is 0 Å². The highest BCUT2D eigenvalue weighted by atomic mass is 35.5. The fraction of sp³-hybridized carbons (Fsp3) is 0.222. The average Bonchev–Trinajstić information content (AvgIpc) is 2.54. The Kier molecular flexibility index (Phi) is 5.34. The SMILES string of the molecule is CC[C@H](C)NC(=O)c1ccccc1C(=O)c1ccc(Cl)cc1. The van der Waals surface area contributed by atoms with Gasteiger partial charge in [-0.3, -0.25) is 9.59 Å². The molecule has 22 heavy (non-hydrogen) atoms. The minimum Gasteiger partial charge on any atom is -0.350 e. The summed E-state index contributed by atoms with van der Waals surface area (Å²) < 4.78 is 0. The van der Waals surface area contributed by atoms with Crippen molar-refractivity contribution in [2.24, 2.45) is 0 Å². The van der Waals surface area contributed by atoms with Gasteiger partial charge in [0.15, 0.2) is 5.78 Å². The Labute approximate surface area is 135 Å². The van der Waals surface area contributed by atoms with Gasteiger partial charge < -0.3 is 5.32 Å². The van der Waals surface area contributed by atoms with E-state index < -0.39 is 0 Å². The minimum absolute atomic E-state index is 0.0613. The van der Waals surface area contributed by atoms with Crippen molar-refractivity contribution in [3.63, 3.8) is 0 Å². The second-order valence-corrected chi connectivity index (χ2v) is 5.60. The van der Waals surface area contributed by atoms with Crippen LogP contribution in [0.15, 0.2) is 48.5 Å². The van der Waals surface area contributed by atoms with E-state index in [9.17, 15) is 9.59 Å². The molecule has 114 valence electrons. The lowest BCUT2D eigenvalue weighted by molar-refractivity contribution is 0.0929. The molecule has 2 aromatic rings. The summed E-state index contributed by atoms with van der Waals surface area (Å²) in [5.41, 5.74) is 1.29. The van der Waals surface area contributed by atoms with Crippen LogP contribution in [0, 0.1) is 0 Å². The largest absolute Gasteiger partial charge is 0.350 e. The monoisotopic (exact) mass is 315 g/mol. The normalized spacial score (nSPS) is 11.8. The molecule has 0 aliphatic heterocycles. The van der Waals surface area contributed by atoms with Gasteiger partial charge in [0.25, 0.3) is 5.91 Å². The number of rotatable bonds is 5. The zero-order valence-electron chi connectivity index (χ0n) is 12.6. The molecule has 0 spiro atoms. The first-order valence-corrected chi connectivity index (χ1v) is 7.61. The van der Waals surface area contributed by atoms with Crippen LogP contribution in [0.4, 0.5) is 0 Å². The first-order chi connectivity index (χ1) is 10.5. The molecule has 0 radical (unpaired) electrons. The molecule has 0 fully saturated rings. The summed E-state index contributed by atoms with van der Waals surface area (Å²) in [4.78, 5) is 25.0. The third kappa shape index (κ3) is 3.74. The number of nitrogens with one attached hydrogen (secondary N) is 1. The lowest BCUT2D eigenvalue weighted by Gasteiger charge is -2.13. The van der Waals surface area contributed by atoms with Crippen LogP contribution in [0.1, 0.15) is 46.5 Å². The molecule has 0 unspecified atom stereocenters. The van der Waals surface area contributed by atoms with Gasteiger partial charge in [0.1, 0.15) is 0 Å². The van der Waals surface area contributed by atoms with E-state index >= 15 is 0 Å². The van der Waals surface area contributed by atoms with Crippen LogP contribution < -0.4 is 5.32 Å². The third-order valence-electron chi connectivity index (χ3n) is 3.51. The Morgan fingerprint density at radius 3 is 2.23 bits per heavy atom. The molecule has 0 heterocycles. The molecule has 2 rings (SSSR count).